The smallest absolute Gasteiger partial charge is 0.234 e. The Labute approximate surface area is 126 Å². The van der Waals surface area contributed by atoms with Crippen molar-refractivity contribution in [3.05, 3.63) is 27.3 Å². The molecule has 0 bridgehead atoms. The molecule has 0 aromatic heterocycles. The summed E-state index contributed by atoms with van der Waals surface area (Å²) < 4.78 is 1.17. The Hall–Kier alpha value is -0.270. The normalized spacial score (nSPS) is 10.7. The zero-order chi connectivity index (χ0) is 13.5. The predicted molar refractivity (Wildman–Crippen MR) is 86.3 cm³/mol. The minimum absolute atomic E-state index is 0.0171. The summed E-state index contributed by atoms with van der Waals surface area (Å²) in [7, 11) is 0. The van der Waals surface area contributed by atoms with Gasteiger partial charge in [0.2, 0.25) is 5.91 Å². The minimum Gasteiger partial charge on any atom is -0.396 e. The van der Waals surface area contributed by atoms with Crippen LogP contribution in [0.2, 0.25) is 0 Å². The third-order valence-corrected chi connectivity index (χ3v) is 3.99. The Morgan fingerprint density at radius 2 is 2.22 bits per heavy atom. The van der Waals surface area contributed by atoms with Gasteiger partial charge in [-0.3, -0.25) is 4.79 Å². The van der Waals surface area contributed by atoms with Gasteiger partial charge in [-0.1, -0.05) is 13.8 Å². The van der Waals surface area contributed by atoms with Crippen molar-refractivity contribution in [3.8, 4) is 0 Å². The van der Waals surface area contributed by atoms with Crippen LogP contribution in [0.25, 0.3) is 0 Å². The van der Waals surface area contributed by atoms with Gasteiger partial charge in [-0.05, 0) is 52.3 Å². The van der Waals surface area contributed by atoms with Crippen LogP contribution < -0.4 is 5.32 Å². The second-order valence-corrected chi connectivity index (χ2v) is 6.56. The molecular formula is C13H18INO2S. The molecule has 0 radical (unpaired) electrons. The van der Waals surface area contributed by atoms with Crippen LogP contribution in [0.4, 0.5) is 5.69 Å². The van der Waals surface area contributed by atoms with E-state index in [1.165, 1.54) is 15.3 Å². The van der Waals surface area contributed by atoms with Crippen molar-refractivity contribution in [2.24, 2.45) is 0 Å². The van der Waals surface area contributed by atoms with Crippen LogP contribution >= 0.6 is 34.4 Å². The molecule has 0 unspecified atom stereocenters. The number of nitrogens with one attached hydrogen (secondary N) is 1. The Morgan fingerprint density at radius 1 is 1.50 bits per heavy atom. The van der Waals surface area contributed by atoms with E-state index in [1.54, 1.807) is 0 Å². The molecule has 3 nitrogen and oxygen atoms in total. The fraction of sp³-hybridized carbons (Fsp3) is 0.462. The summed E-state index contributed by atoms with van der Waals surface area (Å²) >= 11 is 3.71. The van der Waals surface area contributed by atoms with E-state index in [0.29, 0.717) is 17.4 Å². The summed E-state index contributed by atoms with van der Waals surface area (Å²) in [5.41, 5.74) is 2.04. The van der Waals surface area contributed by atoms with Crippen LogP contribution in [0, 0.1) is 3.57 Å². The van der Waals surface area contributed by atoms with Crippen LogP contribution in [0.5, 0.6) is 0 Å². The van der Waals surface area contributed by atoms with Gasteiger partial charge < -0.3 is 10.4 Å². The lowest BCUT2D eigenvalue weighted by molar-refractivity contribution is -0.113. The van der Waals surface area contributed by atoms with E-state index in [2.05, 4.69) is 47.8 Å². The van der Waals surface area contributed by atoms with Crippen LogP contribution in [0.15, 0.2) is 18.2 Å². The summed E-state index contributed by atoms with van der Waals surface area (Å²) in [4.78, 5) is 11.7. The highest BCUT2D eigenvalue weighted by Crippen LogP contribution is 2.26. The molecule has 0 aliphatic carbocycles. The minimum atomic E-state index is -0.0171. The number of carbonyl (C=O) groups is 1. The van der Waals surface area contributed by atoms with E-state index in [1.807, 2.05) is 12.1 Å². The van der Waals surface area contributed by atoms with Crippen molar-refractivity contribution in [3.63, 3.8) is 0 Å². The van der Waals surface area contributed by atoms with Crippen LogP contribution in [-0.4, -0.2) is 29.1 Å². The summed E-state index contributed by atoms with van der Waals surface area (Å²) in [5, 5.41) is 11.6. The fourth-order valence-electron chi connectivity index (χ4n) is 1.54. The van der Waals surface area contributed by atoms with Gasteiger partial charge in [-0.2, -0.15) is 0 Å². The van der Waals surface area contributed by atoms with Crippen molar-refractivity contribution in [1.29, 1.82) is 0 Å². The third kappa shape index (κ3) is 5.16. The molecule has 0 fully saturated rings. The molecule has 0 saturated carbocycles. The first-order valence-corrected chi connectivity index (χ1v) is 8.06. The molecule has 0 aliphatic heterocycles. The average Bonchev–Trinajstić information content (AvgIpc) is 2.31. The number of anilines is 1. The number of aliphatic hydroxyl groups is 1. The van der Waals surface area contributed by atoms with Crippen molar-refractivity contribution < 1.29 is 9.90 Å². The summed E-state index contributed by atoms with van der Waals surface area (Å²) in [6.45, 7) is 4.34. The number of amides is 1. The zero-order valence-electron chi connectivity index (χ0n) is 10.6. The standard InChI is InChI=1S/C13H18INO2S/c1-9(2)11-7-10(14)3-4-12(11)15-13(17)8-18-6-5-16/h3-4,7,9,16H,5-6,8H2,1-2H3,(H,15,17). The molecule has 1 amide bonds. The van der Waals surface area contributed by atoms with Gasteiger partial charge in [0, 0.05) is 15.0 Å². The summed E-state index contributed by atoms with van der Waals surface area (Å²) in [5.74, 6) is 1.33. The molecule has 18 heavy (non-hydrogen) atoms. The summed E-state index contributed by atoms with van der Waals surface area (Å²) in [6, 6.07) is 6.04. The van der Waals surface area contributed by atoms with E-state index in [-0.39, 0.29) is 12.5 Å². The third-order valence-electron chi connectivity index (χ3n) is 2.38. The lowest BCUT2D eigenvalue weighted by Gasteiger charge is -2.14. The Kier molecular flexibility index (Phi) is 7.03. The molecule has 1 aromatic carbocycles. The van der Waals surface area contributed by atoms with Gasteiger partial charge in [0.25, 0.3) is 0 Å². The van der Waals surface area contributed by atoms with Crippen LogP contribution in [0.1, 0.15) is 25.3 Å². The monoisotopic (exact) mass is 379 g/mol. The van der Waals surface area contributed by atoms with Crippen molar-refractivity contribution in [1.82, 2.24) is 0 Å². The maximum absolute atomic E-state index is 11.7. The number of hydrogen-bond donors (Lipinski definition) is 2. The van der Waals surface area contributed by atoms with Gasteiger partial charge >= 0.3 is 0 Å². The first-order chi connectivity index (χ1) is 8.54. The Morgan fingerprint density at radius 3 is 2.83 bits per heavy atom. The highest BCUT2D eigenvalue weighted by molar-refractivity contribution is 14.1. The van der Waals surface area contributed by atoms with Gasteiger partial charge in [0.1, 0.15) is 0 Å². The van der Waals surface area contributed by atoms with E-state index < -0.39 is 0 Å². The SMILES string of the molecule is CC(C)c1cc(I)ccc1NC(=O)CSCCO. The maximum atomic E-state index is 11.7. The first kappa shape index (κ1) is 15.8. The first-order valence-electron chi connectivity index (χ1n) is 5.82. The highest BCUT2D eigenvalue weighted by atomic mass is 127. The van der Waals surface area contributed by atoms with Gasteiger partial charge in [0.15, 0.2) is 0 Å². The molecule has 1 aromatic rings. The molecule has 0 aliphatic rings. The van der Waals surface area contributed by atoms with Crippen LogP contribution in [-0.2, 0) is 4.79 Å². The Balaban J connectivity index is 2.69. The van der Waals surface area contributed by atoms with Gasteiger partial charge in [-0.25, -0.2) is 0 Å². The van der Waals surface area contributed by atoms with Gasteiger partial charge in [-0.15, -0.1) is 11.8 Å². The van der Waals surface area contributed by atoms with Crippen molar-refractivity contribution >= 4 is 45.9 Å². The maximum Gasteiger partial charge on any atom is 0.234 e. The average molecular weight is 379 g/mol. The zero-order valence-corrected chi connectivity index (χ0v) is 13.5. The quantitative estimate of drug-likeness (QED) is 0.590. The molecular weight excluding hydrogens is 361 g/mol. The molecule has 0 heterocycles. The topological polar surface area (TPSA) is 49.3 Å². The second kappa shape index (κ2) is 8.01. The molecule has 1 rings (SSSR count). The molecule has 5 heteroatoms. The molecule has 100 valence electrons. The number of hydrogen-bond acceptors (Lipinski definition) is 3. The molecule has 0 atom stereocenters. The van der Waals surface area contributed by atoms with Gasteiger partial charge in [0.05, 0.1) is 12.4 Å². The molecule has 2 N–H and O–H groups in total. The fourth-order valence-corrected chi connectivity index (χ4v) is 2.59. The predicted octanol–water partition coefficient (Wildman–Crippen LogP) is 3.08. The van der Waals surface area contributed by atoms with Crippen molar-refractivity contribution in [2.75, 3.05) is 23.4 Å². The summed E-state index contributed by atoms with van der Waals surface area (Å²) in [6.07, 6.45) is 0. The van der Waals surface area contributed by atoms with E-state index in [0.717, 1.165) is 11.3 Å². The number of benzene rings is 1. The number of thioether (sulfide) groups is 1. The second-order valence-electron chi connectivity index (χ2n) is 4.21. The Bertz CT molecular complexity index is 410. The number of aliphatic hydroxyl groups excluding tert-OH is 1. The highest BCUT2D eigenvalue weighted by Gasteiger charge is 2.10. The number of halogens is 1. The lowest BCUT2D eigenvalue weighted by Crippen LogP contribution is -2.16. The van der Waals surface area contributed by atoms with Crippen LogP contribution in [0.3, 0.4) is 0 Å². The largest absolute Gasteiger partial charge is 0.396 e. The van der Waals surface area contributed by atoms with E-state index >= 15 is 0 Å². The molecule has 0 saturated heterocycles. The number of carbonyl (C=O) groups excluding carboxylic acids is 1. The van der Waals surface area contributed by atoms with Crippen molar-refractivity contribution in [2.45, 2.75) is 19.8 Å². The molecule has 0 spiro atoms. The number of rotatable bonds is 6. The van der Waals surface area contributed by atoms with E-state index in [4.69, 9.17) is 5.11 Å². The lowest BCUT2D eigenvalue weighted by atomic mass is 10.0. The van der Waals surface area contributed by atoms with E-state index in [9.17, 15) is 4.79 Å².